The molecule has 1 aliphatic rings. The monoisotopic (exact) mass is 203 g/mol. The third-order valence-corrected chi connectivity index (χ3v) is 2.65. The van der Waals surface area contributed by atoms with Crippen LogP contribution in [-0.4, -0.2) is 52.7 Å². The first-order valence-electron chi connectivity index (χ1n) is 5.15. The molecule has 0 amide bonds. The van der Waals surface area contributed by atoms with Crippen molar-refractivity contribution >= 4 is 0 Å². The first-order chi connectivity index (χ1) is 6.83. The summed E-state index contributed by atoms with van der Waals surface area (Å²) in [5, 5.41) is 3.37. The average Bonchev–Trinajstić information content (AvgIpc) is 2.67. The van der Waals surface area contributed by atoms with E-state index in [9.17, 15) is 0 Å². The number of hydrogen-bond donors (Lipinski definition) is 1. The molecule has 0 saturated carbocycles. The lowest BCUT2D eigenvalue weighted by Crippen LogP contribution is -2.43. The summed E-state index contributed by atoms with van der Waals surface area (Å²) in [6.45, 7) is 4.17. The molecule has 0 radical (unpaired) electrons. The topological polar surface area (TPSA) is 39.7 Å². The second kappa shape index (κ2) is 6.35. The molecule has 0 spiro atoms. The molecule has 1 saturated heterocycles. The van der Waals surface area contributed by atoms with Gasteiger partial charge < -0.3 is 19.5 Å². The highest BCUT2D eigenvalue weighted by molar-refractivity contribution is 4.86. The lowest BCUT2D eigenvalue weighted by atomic mass is 10.0. The first-order valence-corrected chi connectivity index (χ1v) is 5.15. The zero-order valence-corrected chi connectivity index (χ0v) is 9.17. The molecule has 1 fully saturated rings. The van der Waals surface area contributed by atoms with E-state index in [2.05, 4.69) is 5.32 Å². The van der Waals surface area contributed by atoms with Gasteiger partial charge in [-0.15, -0.1) is 0 Å². The summed E-state index contributed by atoms with van der Waals surface area (Å²) in [6, 6.07) is 0. The van der Waals surface area contributed by atoms with Crippen LogP contribution in [0.5, 0.6) is 0 Å². The molecular weight excluding hydrogens is 182 g/mol. The van der Waals surface area contributed by atoms with E-state index in [0.29, 0.717) is 6.61 Å². The zero-order chi connectivity index (χ0) is 10.3. The first kappa shape index (κ1) is 11.9. The van der Waals surface area contributed by atoms with Gasteiger partial charge in [-0.25, -0.2) is 0 Å². The van der Waals surface area contributed by atoms with E-state index in [-0.39, 0.29) is 5.60 Å². The van der Waals surface area contributed by atoms with E-state index in [0.717, 1.165) is 39.1 Å². The molecular formula is C10H21NO3. The van der Waals surface area contributed by atoms with Crippen molar-refractivity contribution < 1.29 is 14.2 Å². The molecule has 1 N–H and O–H groups in total. The maximum Gasteiger partial charge on any atom is 0.106 e. The number of rotatable bonds is 7. The molecule has 84 valence electrons. The van der Waals surface area contributed by atoms with Gasteiger partial charge in [0, 0.05) is 40.4 Å². The number of ether oxygens (including phenoxy) is 3. The molecule has 0 aliphatic carbocycles. The van der Waals surface area contributed by atoms with E-state index >= 15 is 0 Å². The molecule has 0 aromatic carbocycles. The van der Waals surface area contributed by atoms with Crippen molar-refractivity contribution in [3.63, 3.8) is 0 Å². The summed E-state index contributed by atoms with van der Waals surface area (Å²) in [5.41, 5.74) is -0.0902. The van der Waals surface area contributed by atoms with Gasteiger partial charge >= 0.3 is 0 Å². The van der Waals surface area contributed by atoms with Gasteiger partial charge in [0.25, 0.3) is 0 Å². The van der Waals surface area contributed by atoms with Crippen molar-refractivity contribution in [1.82, 2.24) is 5.32 Å². The molecule has 0 aromatic heterocycles. The van der Waals surface area contributed by atoms with Gasteiger partial charge in [-0.3, -0.25) is 0 Å². The maximum atomic E-state index is 5.49. The number of nitrogens with one attached hydrogen (secondary N) is 1. The molecule has 14 heavy (non-hydrogen) atoms. The normalized spacial score (nSPS) is 27.0. The zero-order valence-electron chi connectivity index (χ0n) is 9.17. The van der Waals surface area contributed by atoms with Crippen LogP contribution in [0.15, 0.2) is 0 Å². The Morgan fingerprint density at radius 1 is 1.43 bits per heavy atom. The lowest BCUT2D eigenvalue weighted by Gasteiger charge is -2.25. The Morgan fingerprint density at radius 2 is 2.29 bits per heavy atom. The Hall–Kier alpha value is -0.160. The summed E-state index contributed by atoms with van der Waals surface area (Å²) in [4.78, 5) is 0. The molecule has 1 rings (SSSR count). The summed E-state index contributed by atoms with van der Waals surface area (Å²) in [5.74, 6) is 0. The van der Waals surface area contributed by atoms with Gasteiger partial charge in [-0.1, -0.05) is 0 Å². The van der Waals surface area contributed by atoms with Crippen LogP contribution in [0.25, 0.3) is 0 Å². The molecule has 1 unspecified atom stereocenters. The maximum absolute atomic E-state index is 5.49. The summed E-state index contributed by atoms with van der Waals surface area (Å²) < 4.78 is 15.8. The van der Waals surface area contributed by atoms with E-state index in [1.54, 1.807) is 14.2 Å². The van der Waals surface area contributed by atoms with Gasteiger partial charge in [0.1, 0.15) is 5.60 Å². The number of hydrogen-bond acceptors (Lipinski definition) is 4. The quantitative estimate of drug-likeness (QED) is 0.609. The van der Waals surface area contributed by atoms with Crippen LogP contribution in [0.2, 0.25) is 0 Å². The Morgan fingerprint density at radius 3 is 2.86 bits per heavy atom. The van der Waals surface area contributed by atoms with E-state index in [4.69, 9.17) is 14.2 Å². The second-order valence-electron chi connectivity index (χ2n) is 3.71. The van der Waals surface area contributed by atoms with Crippen molar-refractivity contribution in [2.24, 2.45) is 0 Å². The van der Waals surface area contributed by atoms with Crippen LogP contribution < -0.4 is 5.32 Å². The molecule has 1 atom stereocenters. The van der Waals surface area contributed by atoms with Crippen molar-refractivity contribution in [2.45, 2.75) is 18.4 Å². The van der Waals surface area contributed by atoms with Gasteiger partial charge in [-0.05, 0) is 13.0 Å². The van der Waals surface area contributed by atoms with Crippen LogP contribution >= 0.6 is 0 Å². The minimum Gasteiger partial charge on any atom is -0.385 e. The smallest absolute Gasteiger partial charge is 0.106 e. The third kappa shape index (κ3) is 3.53. The van der Waals surface area contributed by atoms with E-state index in [1.807, 2.05) is 0 Å². The molecule has 4 nitrogen and oxygen atoms in total. The third-order valence-electron chi connectivity index (χ3n) is 2.65. The Bertz CT molecular complexity index is 146. The highest BCUT2D eigenvalue weighted by Gasteiger charge is 2.34. The second-order valence-corrected chi connectivity index (χ2v) is 3.71. The van der Waals surface area contributed by atoms with Crippen LogP contribution in [0.3, 0.4) is 0 Å². The van der Waals surface area contributed by atoms with E-state index in [1.165, 1.54) is 0 Å². The van der Waals surface area contributed by atoms with Crippen molar-refractivity contribution in [1.29, 1.82) is 0 Å². The van der Waals surface area contributed by atoms with E-state index < -0.39 is 0 Å². The van der Waals surface area contributed by atoms with Crippen molar-refractivity contribution in [3.8, 4) is 0 Å². The van der Waals surface area contributed by atoms with Gasteiger partial charge in [-0.2, -0.15) is 0 Å². The Kier molecular flexibility index (Phi) is 5.40. The fraction of sp³-hybridized carbons (Fsp3) is 1.00. The highest BCUT2D eigenvalue weighted by atomic mass is 16.5. The summed E-state index contributed by atoms with van der Waals surface area (Å²) >= 11 is 0. The fourth-order valence-electron chi connectivity index (χ4n) is 1.62. The molecule has 0 bridgehead atoms. The number of methoxy groups -OCH3 is 2. The molecule has 0 aromatic rings. The minimum atomic E-state index is -0.0902. The minimum absolute atomic E-state index is 0.0902. The van der Waals surface area contributed by atoms with Gasteiger partial charge in [0.05, 0.1) is 6.61 Å². The Balaban J connectivity index is 2.08. The van der Waals surface area contributed by atoms with Crippen molar-refractivity contribution in [3.05, 3.63) is 0 Å². The summed E-state index contributed by atoms with van der Waals surface area (Å²) in [6.07, 6.45) is 2.03. The van der Waals surface area contributed by atoms with Crippen molar-refractivity contribution in [2.75, 3.05) is 47.1 Å². The summed E-state index contributed by atoms with van der Waals surface area (Å²) in [7, 11) is 3.48. The molecule has 4 heteroatoms. The van der Waals surface area contributed by atoms with Gasteiger partial charge in [0.15, 0.2) is 0 Å². The van der Waals surface area contributed by atoms with Crippen LogP contribution in [0, 0.1) is 0 Å². The molecule has 1 heterocycles. The highest BCUT2D eigenvalue weighted by Crippen LogP contribution is 2.21. The average molecular weight is 203 g/mol. The Labute approximate surface area is 85.9 Å². The van der Waals surface area contributed by atoms with Crippen LogP contribution in [0.4, 0.5) is 0 Å². The van der Waals surface area contributed by atoms with Crippen LogP contribution in [0.1, 0.15) is 12.8 Å². The molecule has 1 aliphatic heterocycles. The predicted molar refractivity (Wildman–Crippen MR) is 54.5 cm³/mol. The van der Waals surface area contributed by atoms with Crippen LogP contribution in [-0.2, 0) is 14.2 Å². The lowest BCUT2D eigenvalue weighted by molar-refractivity contribution is -0.0158. The van der Waals surface area contributed by atoms with Gasteiger partial charge in [0.2, 0.25) is 0 Å². The standard InChI is InChI=1S/C10H21NO3/c1-12-6-3-5-11-8-10(13-2)4-7-14-9-10/h11H,3-9H2,1-2H3. The largest absolute Gasteiger partial charge is 0.385 e. The predicted octanol–water partition coefficient (Wildman–Crippen LogP) is 0.418. The SMILES string of the molecule is COCCCNCC1(OC)CCOC1. The fourth-order valence-corrected chi connectivity index (χ4v) is 1.62.